The van der Waals surface area contributed by atoms with Crippen molar-refractivity contribution in [3.63, 3.8) is 0 Å². The van der Waals surface area contributed by atoms with Gasteiger partial charge in [-0.2, -0.15) is 0 Å². The number of benzene rings is 1. The van der Waals surface area contributed by atoms with E-state index in [1.807, 2.05) is 6.08 Å². The Bertz CT molecular complexity index is 368. The fourth-order valence-electron chi connectivity index (χ4n) is 1.42. The van der Waals surface area contributed by atoms with Gasteiger partial charge in [-0.3, -0.25) is 0 Å². The number of hydrogen-bond acceptors (Lipinski definition) is 0. The third kappa shape index (κ3) is 7.86. The van der Waals surface area contributed by atoms with E-state index in [4.69, 9.17) is 0 Å². The van der Waals surface area contributed by atoms with Gasteiger partial charge in [-0.15, -0.1) is 0 Å². The van der Waals surface area contributed by atoms with E-state index in [-0.39, 0.29) is 0 Å². The molecule has 1 aromatic rings. The molecule has 1 heteroatoms. The van der Waals surface area contributed by atoms with E-state index < -0.39 is 0 Å². The van der Waals surface area contributed by atoms with Crippen molar-refractivity contribution in [2.24, 2.45) is 0 Å². The first-order valence-electron chi connectivity index (χ1n) is 6.28. The van der Waals surface area contributed by atoms with Gasteiger partial charge in [0.05, 0.1) is 0 Å². The fraction of sp³-hybridized carbons (Fsp3) is 0.375. The zero-order valence-electron chi connectivity index (χ0n) is 10.5. The third-order valence-corrected chi connectivity index (χ3v) is 4.07. The predicted octanol–water partition coefficient (Wildman–Crippen LogP) is 3.50. The Morgan fingerprint density at radius 1 is 1.12 bits per heavy atom. The quantitative estimate of drug-likeness (QED) is 0.427. The zero-order valence-corrected chi connectivity index (χ0v) is 12.2. The summed E-state index contributed by atoms with van der Waals surface area (Å²) in [6, 6.07) is 10.6. The Hall–Kier alpha value is -0.961. The van der Waals surface area contributed by atoms with Crippen molar-refractivity contribution >= 4 is 19.4 Å². The molecule has 0 nitrogen and oxygen atoms in total. The van der Waals surface area contributed by atoms with Crippen LogP contribution in [-0.4, -0.2) is 15.0 Å². The Balaban J connectivity index is 2.11. The van der Waals surface area contributed by atoms with Gasteiger partial charge in [0, 0.05) is 0 Å². The van der Waals surface area contributed by atoms with Crippen LogP contribution in [0.3, 0.4) is 0 Å². The van der Waals surface area contributed by atoms with Crippen LogP contribution in [-0.2, 0) is 0 Å². The molecule has 0 spiro atoms. The number of rotatable bonds is 6. The molecule has 1 rings (SSSR count). The maximum atomic E-state index is 3.20. The van der Waals surface area contributed by atoms with Gasteiger partial charge in [0.15, 0.2) is 0 Å². The van der Waals surface area contributed by atoms with E-state index in [2.05, 4.69) is 54.1 Å². The van der Waals surface area contributed by atoms with Crippen LogP contribution in [0.2, 0.25) is 0 Å². The fourth-order valence-corrected chi connectivity index (χ4v) is 2.69. The summed E-state index contributed by atoms with van der Waals surface area (Å²) in [5.41, 5.74) is 0. The molecule has 17 heavy (non-hydrogen) atoms. The molecule has 0 N–H and O–H groups in total. The van der Waals surface area contributed by atoms with Gasteiger partial charge in [-0.05, 0) is 0 Å². The Morgan fingerprint density at radius 3 is 2.71 bits per heavy atom. The van der Waals surface area contributed by atoms with Crippen molar-refractivity contribution in [3.05, 3.63) is 41.4 Å². The molecule has 0 aliphatic rings. The van der Waals surface area contributed by atoms with Crippen LogP contribution in [0.5, 0.6) is 0 Å². The van der Waals surface area contributed by atoms with E-state index in [1.165, 1.54) is 30.1 Å². The first-order chi connectivity index (χ1) is 8.43. The molecule has 90 valence electrons. The molecule has 0 unspecified atom stereocenters. The SMILES string of the molecule is CCCCCCC#C/C=C\[Se]c1ccccc1. The topological polar surface area (TPSA) is 0 Å². The standard InChI is InChI=1S/C16H20Se/c1-2-3-4-5-6-7-8-12-15-17-16-13-10-9-11-14-16/h9-15H,2-6H2,1H3/b15-12-. The second-order valence-electron chi connectivity index (χ2n) is 3.87. The number of unbranched alkanes of at least 4 members (excludes halogenated alkanes) is 4. The van der Waals surface area contributed by atoms with E-state index in [9.17, 15) is 0 Å². The van der Waals surface area contributed by atoms with E-state index >= 15 is 0 Å². The second-order valence-corrected chi connectivity index (χ2v) is 5.92. The molecule has 0 atom stereocenters. The molecular weight excluding hydrogens is 271 g/mol. The van der Waals surface area contributed by atoms with E-state index in [0.29, 0.717) is 15.0 Å². The molecule has 0 aliphatic heterocycles. The summed E-state index contributed by atoms with van der Waals surface area (Å²) < 4.78 is 1.40. The van der Waals surface area contributed by atoms with E-state index in [0.717, 1.165) is 6.42 Å². The summed E-state index contributed by atoms with van der Waals surface area (Å²) in [6.45, 7) is 2.24. The molecule has 1 aromatic carbocycles. The van der Waals surface area contributed by atoms with Gasteiger partial charge in [0.25, 0.3) is 0 Å². The maximum absolute atomic E-state index is 3.20. The summed E-state index contributed by atoms with van der Waals surface area (Å²) in [5.74, 6) is 6.32. The Kier molecular flexibility index (Phi) is 8.47. The number of hydrogen-bond donors (Lipinski definition) is 0. The molecule has 0 saturated heterocycles. The minimum atomic E-state index is 0.429. The molecule has 0 saturated carbocycles. The third-order valence-electron chi connectivity index (χ3n) is 2.36. The predicted molar refractivity (Wildman–Crippen MR) is 77.5 cm³/mol. The monoisotopic (exact) mass is 292 g/mol. The molecular formula is C16H20Se. The first-order valence-corrected chi connectivity index (χ1v) is 8.13. The van der Waals surface area contributed by atoms with Crippen LogP contribution in [0.25, 0.3) is 0 Å². The summed E-state index contributed by atoms with van der Waals surface area (Å²) in [4.78, 5) is 2.20. The summed E-state index contributed by atoms with van der Waals surface area (Å²) >= 11 is 0.429. The first kappa shape index (κ1) is 14.1. The summed E-state index contributed by atoms with van der Waals surface area (Å²) in [5, 5.41) is 0. The molecule has 0 radical (unpaired) electrons. The minimum absolute atomic E-state index is 0.429. The van der Waals surface area contributed by atoms with Gasteiger partial charge in [0.1, 0.15) is 0 Å². The van der Waals surface area contributed by atoms with Crippen LogP contribution < -0.4 is 4.46 Å². The van der Waals surface area contributed by atoms with Gasteiger partial charge < -0.3 is 0 Å². The average molecular weight is 291 g/mol. The van der Waals surface area contributed by atoms with Gasteiger partial charge in [-0.1, -0.05) is 0 Å². The van der Waals surface area contributed by atoms with Crippen molar-refractivity contribution in [2.45, 2.75) is 39.0 Å². The number of allylic oxidation sites excluding steroid dienone is 1. The van der Waals surface area contributed by atoms with Crippen LogP contribution in [0.4, 0.5) is 0 Å². The summed E-state index contributed by atoms with van der Waals surface area (Å²) in [7, 11) is 0. The summed E-state index contributed by atoms with van der Waals surface area (Å²) in [6.07, 6.45) is 8.26. The molecule has 0 bridgehead atoms. The molecule has 0 aromatic heterocycles. The van der Waals surface area contributed by atoms with Crippen LogP contribution in [0.15, 0.2) is 41.4 Å². The van der Waals surface area contributed by atoms with Gasteiger partial charge in [-0.25, -0.2) is 0 Å². The van der Waals surface area contributed by atoms with Gasteiger partial charge >= 0.3 is 112 Å². The van der Waals surface area contributed by atoms with Crippen LogP contribution >= 0.6 is 0 Å². The van der Waals surface area contributed by atoms with Crippen molar-refractivity contribution in [1.82, 2.24) is 0 Å². The second kappa shape index (κ2) is 10.2. The van der Waals surface area contributed by atoms with Crippen molar-refractivity contribution in [2.75, 3.05) is 0 Å². The zero-order chi connectivity index (χ0) is 12.2. The molecule has 0 aliphatic carbocycles. The average Bonchev–Trinajstić information content (AvgIpc) is 2.38. The Labute approximate surface area is 112 Å². The van der Waals surface area contributed by atoms with Crippen LogP contribution in [0, 0.1) is 11.8 Å². The normalized spacial score (nSPS) is 10.2. The van der Waals surface area contributed by atoms with Crippen molar-refractivity contribution in [1.29, 1.82) is 0 Å². The molecule has 0 fully saturated rings. The van der Waals surface area contributed by atoms with E-state index in [1.54, 1.807) is 0 Å². The van der Waals surface area contributed by atoms with Crippen molar-refractivity contribution < 1.29 is 0 Å². The molecule has 0 amide bonds. The van der Waals surface area contributed by atoms with Crippen molar-refractivity contribution in [3.8, 4) is 11.8 Å². The van der Waals surface area contributed by atoms with Gasteiger partial charge in [0.2, 0.25) is 0 Å². The molecule has 0 heterocycles. The Morgan fingerprint density at radius 2 is 1.94 bits per heavy atom. The van der Waals surface area contributed by atoms with Crippen LogP contribution in [0.1, 0.15) is 39.0 Å².